The summed E-state index contributed by atoms with van der Waals surface area (Å²) in [6, 6.07) is 6.36. The fourth-order valence-corrected chi connectivity index (χ4v) is 2.78. The van der Waals surface area contributed by atoms with Crippen LogP contribution in [0.25, 0.3) is 5.69 Å². The van der Waals surface area contributed by atoms with Gasteiger partial charge in [0.15, 0.2) is 0 Å². The molecule has 0 aliphatic heterocycles. The molecule has 2 aromatic rings. The molecule has 1 aromatic carbocycles. The molecule has 0 spiro atoms. The number of nitrogens with zero attached hydrogens (tertiary/aromatic N) is 2. The molecule has 1 fully saturated rings. The number of aliphatic hydroxyl groups is 1. The molecule has 0 saturated heterocycles. The summed E-state index contributed by atoms with van der Waals surface area (Å²) in [7, 11) is 0. The number of nitrogens with one attached hydrogen (secondary N) is 1. The summed E-state index contributed by atoms with van der Waals surface area (Å²) in [5.74, 6) is -0.245. The zero-order chi connectivity index (χ0) is 15.7. The van der Waals surface area contributed by atoms with Crippen LogP contribution in [0, 0.1) is 25.1 Å². The third-order valence-electron chi connectivity index (χ3n) is 4.61. The lowest BCUT2D eigenvalue weighted by atomic mass is 10.1. The Morgan fingerprint density at radius 3 is 2.55 bits per heavy atom. The second-order valence-corrected chi connectivity index (χ2v) is 6.30. The summed E-state index contributed by atoms with van der Waals surface area (Å²) in [5, 5.41) is 17.4. The predicted octanol–water partition coefficient (Wildman–Crippen LogP) is 2.49. The highest BCUT2D eigenvalue weighted by molar-refractivity contribution is 5.37. The molecule has 4 nitrogen and oxygen atoms in total. The number of hydrogen-bond donors (Lipinski definition) is 2. The molecule has 1 heterocycles. The highest BCUT2D eigenvalue weighted by Crippen LogP contribution is 2.44. The first kappa shape index (κ1) is 15.2. The normalized spacial score (nSPS) is 16.0. The molecule has 0 atom stereocenters. The number of halogens is 1. The van der Waals surface area contributed by atoms with E-state index in [-0.39, 0.29) is 17.8 Å². The van der Waals surface area contributed by atoms with Gasteiger partial charge in [0.1, 0.15) is 5.82 Å². The molecule has 0 unspecified atom stereocenters. The van der Waals surface area contributed by atoms with Crippen molar-refractivity contribution in [1.82, 2.24) is 15.1 Å². The molecule has 22 heavy (non-hydrogen) atoms. The van der Waals surface area contributed by atoms with Gasteiger partial charge in [-0.05, 0) is 51.0 Å². The van der Waals surface area contributed by atoms with E-state index in [9.17, 15) is 9.50 Å². The van der Waals surface area contributed by atoms with E-state index in [1.807, 2.05) is 18.5 Å². The first-order chi connectivity index (χ1) is 10.5. The molecule has 0 bridgehead atoms. The molecule has 1 aromatic heterocycles. The first-order valence-electron chi connectivity index (χ1n) is 7.67. The molecule has 0 amide bonds. The number of rotatable bonds is 6. The van der Waals surface area contributed by atoms with Gasteiger partial charge in [0, 0.05) is 36.4 Å². The van der Waals surface area contributed by atoms with Crippen molar-refractivity contribution in [1.29, 1.82) is 0 Å². The van der Waals surface area contributed by atoms with Gasteiger partial charge in [0.05, 0.1) is 11.4 Å². The summed E-state index contributed by atoms with van der Waals surface area (Å²) in [5.41, 5.74) is 4.17. The molecular weight excluding hydrogens is 281 g/mol. The fraction of sp³-hybridized carbons (Fsp3) is 0.471. The van der Waals surface area contributed by atoms with Gasteiger partial charge in [-0.25, -0.2) is 9.07 Å². The zero-order valence-corrected chi connectivity index (χ0v) is 13.1. The highest BCUT2D eigenvalue weighted by Gasteiger charge is 2.41. The van der Waals surface area contributed by atoms with Crippen LogP contribution in [0.2, 0.25) is 0 Å². The summed E-state index contributed by atoms with van der Waals surface area (Å²) in [6.45, 7) is 5.85. The summed E-state index contributed by atoms with van der Waals surface area (Å²) in [6.07, 6.45) is 2.20. The molecule has 0 radical (unpaired) electrons. The van der Waals surface area contributed by atoms with Crippen molar-refractivity contribution < 1.29 is 9.50 Å². The Morgan fingerprint density at radius 2 is 1.95 bits per heavy atom. The maximum atomic E-state index is 13.0. The van der Waals surface area contributed by atoms with Crippen LogP contribution in [0.4, 0.5) is 4.39 Å². The van der Waals surface area contributed by atoms with Crippen molar-refractivity contribution in [2.45, 2.75) is 33.2 Å². The van der Waals surface area contributed by atoms with E-state index in [1.54, 1.807) is 12.1 Å². The van der Waals surface area contributed by atoms with Crippen molar-refractivity contribution in [2.75, 3.05) is 13.2 Å². The van der Waals surface area contributed by atoms with Crippen LogP contribution in [-0.2, 0) is 6.54 Å². The Kier molecular flexibility index (Phi) is 4.02. The lowest BCUT2D eigenvalue weighted by molar-refractivity contribution is 0.207. The van der Waals surface area contributed by atoms with Crippen molar-refractivity contribution in [3.8, 4) is 5.69 Å². The standard InChI is InChI=1S/C17H22FN3O/c1-12-16(9-19-10-17(11-22)7-8-17)13(2)21(20-12)15-5-3-14(18)4-6-15/h3-6,19,22H,7-11H2,1-2H3. The molecule has 118 valence electrons. The van der Waals surface area contributed by atoms with Crippen molar-refractivity contribution in [3.05, 3.63) is 47.0 Å². The summed E-state index contributed by atoms with van der Waals surface area (Å²) in [4.78, 5) is 0. The third kappa shape index (κ3) is 2.91. The van der Waals surface area contributed by atoms with E-state index in [1.165, 1.54) is 12.1 Å². The average molecular weight is 303 g/mol. The van der Waals surface area contributed by atoms with E-state index in [4.69, 9.17) is 0 Å². The van der Waals surface area contributed by atoms with Gasteiger partial charge in [-0.3, -0.25) is 0 Å². The van der Waals surface area contributed by atoms with E-state index < -0.39 is 0 Å². The first-order valence-corrected chi connectivity index (χ1v) is 7.67. The molecular formula is C17H22FN3O. The second kappa shape index (κ2) is 5.82. The lowest BCUT2D eigenvalue weighted by Gasteiger charge is -2.13. The van der Waals surface area contributed by atoms with Crippen LogP contribution in [0.5, 0.6) is 0 Å². The van der Waals surface area contributed by atoms with Crippen LogP contribution >= 0.6 is 0 Å². The molecule has 1 saturated carbocycles. The maximum absolute atomic E-state index is 13.0. The van der Waals surface area contributed by atoms with Gasteiger partial charge in [0.25, 0.3) is 0 Å². The van der Waals surface area contributed by atoms with Gasteiger partial charge < -0.3 is 10.4 Å². The fourth-order valence-electron chi connectivity index (χ4n) is 2.78. The van der Waals surface area contributed by atoms with Crippen LogP contribution in [0.15, 0.2) is 24.3 Å². The SMILES string of the molecule is Cc1nn(-c2ccc(F)cc2)c(C)c1CNCC1(CO)CC1. The van der Waals surface area contributed by atoms with Crippen molar-refractivity contribution in [2.24, 2.45) is 5.41 Å². The largest absolute Gasteiger partial charge is 0.396 e. The number of aliphatic hydroxyl groups excluding tert-OH is 1. The molecule has 1 aliphatic carbocycles. The number of hydrogen-bond acceptors (Lipinski definition) is 3. The quantitative estimate of drug-likeness (QED) is 0.862. The second-order valence-electron chi connectivity index (χ2n) is 6.30. The van der Waals surface area contributed by atoms with E-state index >= 15 is 0 Å². The van der Waals surface area contributed by atoms with Gasteiger partial charge in [0.2, 0.25) is 0 Å². The Labute approximate surface area is 130 Å². The predicted molar refractivity (Wildman–Crippen MR) is 83.5 cm³/mol. The Hall–Kier alpha value is -1.72. The minimum absolute atomic E-state index is 0.106. The van der Waals surface area contributed by atoms with Gasteiger partial charge in [-0.15, -0.1) is 0 Å². The third-order valence-corrected chi connectivity index (χ3v) is 4.61. The van der Waals surface area contributed by atoms with Gasteiger partial charge in [-0.1, -0.05) is 0 Å². The highest BCUT2D eigenvalue weighted by atomic mass is 19.1. The molecule has 2 N–H and O–H groups in total. The summed E-state index contributed by atoms with van der Waals surface area (Å²) >= 11 is 0. The van der Waals surface area contributed by atoms with Crippen LogP contribution in [0.3, 0.4) is 0 Å². The van der Waals surface area contributed by atoms with Gasteiger partial charge in [-0.2, -0.15) is 5.10 Å². The van der Waals surface area contributed by atoms with E-state index in [0.29, 0.717) is 0 Å². The Morgan fingerprint density at radius 1 is 1.27 bits per heavy atom. The van der Waals surface area contributed by atoms with Crippen molar-refractivity contribution in [3.63, 3.8) is 0 Å². The maximum Gasteiger partial charge on any atom is 0.123 e. The number of benzene rings is 1. The smallest absolute Gasteiger partial charge is 0.123 e. The number of aryl methyl sites for hydroxylation is 1. The topological polar surface area (TPSA) is 50.1 Å². The average Bonchev–Trinajstić information content (AvgIpc) is 3.24. The lowest BCUT2D eigenvalue weighted by Crippen LogP contribution is -2.26. The monoisotopic (exact) mass is 303 g/mol. The minimum Gasteiger partial charge on any atom is -0.396 e. The van der Waals surface area contributed by atoms with Gasteiger partial charge >= 0.3 is 0 Å². The number of aromatic nitrogens is 2. The van der Waals surface area contributed by atoms with E-state index in [2.05, 4.69) is 10.4 Å². The van der Waals surface area contributed by atoms with Crippen LogP contribution in [-0.4, -0.2) is 28.0 Å². The Bertz CT molecular complexity index is 659. The zero-order valence-electron chi connectivity index (χ0n) is 13.1. The van der Waals surface area contributed by atoms with Crippen LogP contribution < -0.4 is 5.32 Å². The Balaban J connectivity index is 1.74. The molecule has 5 heteroatoms. The summed E-state index contributed by atoms with van der Waals surface area (Å²) < 4.78 is 14.9. The molecule has 3 rings (SSSR count). The minimum atomic E-state index is -0.245. The van der Waals surface area contributed by atoms with Crippen LogP contribution in [0.1, 0.15) is 29.8 Å². The molecule has 1 aliphatic rings. The van der Waals surface area contributed by atoms with E-state index in [0.717, 1.165) is 48.6 Å². The van der Waals surface area contributed by atoms with Crippen molar-refractivity contribution >= 4 is 0 Å².